The molecule has 1 heterocycles. The first-order chi connectivity index (χ1) is 11.5. The van der Waals surface area contributed by atoms with Gasteiger partial charge in [0.2, 0.25) is 0 Å². The molecule has 0 radical (unpaired) electrons. The highest BCUT2D eigenvalue weighted by Gasteiger charge is 2.19. The van der Waals surface area contributed by atoms with E-state index in [4.69, 9.17) is 0 Å². The number of aliphatic hydroxyl groups excluding tert-OH is 1. The van der Waals surface area contributed by atoms with Crippen molar-refractivity contribution >= 4 is 6.03 Å². The number of nitrogens with one attached hydrogen (secondary N) is 2. The van der Waals surface area contributed by atoms with E-state index in [1.807, 2.05) is 37.3 Å². The standard InChI is InChI=1S/C19H31N3O2/c1-15-7-6-10-22(13-15)14-16(2)21-19(24)20-12-18(23)11-17-8-4-3-5-9-17/h3-5,8-9,15-16,18,23H,6-7,10-14H2,1-2H3,(H2,20,21,24). The predicted molar refractivity (Wildman–Crippen MR) is 97.0 cm³/mol. The van der Waals surface area contributed by atoms with E-state index in [9.17, 15) is 9.90 Å². The maximum absolute atomic E-state index is 12.0. The molecule has 0 aliphatic carbocycles. The molecule has 3 atom stereocenters. The van der Waals surface area contributed by atoms with Gasteiger partial charge in [-0.15, -0.1) is 0 Å². The number of carbonyl (C=O) groups excluding carboxylic acids is 1. The Morgan fingerprint density at radius 1 is 1.38 bits per heavy atom. The van der Waals surface area contributed by atoms with Gasteiger partial charge in [-0.2, -0.15) is 0 Å². The fraction of sp³-hybridized carbons (Fsp3) is 0.632. The fourth-order valence-electron chi connectivity index (χ4n) is 3.33. The fourth-order valence-corrected chi connectivity index (χ4v) is 3.33. The van der Waals surface area contributed by atoms with E-state index in [0.717, 1.165) is 31.1 Å². The molecule has 3 N–H and O–H groups in total. The molecule has 1 saturated heterocycles. The minimum absolute atomic E-state index is 0.0987. The summed E-state index contributed by atoms with van der Waals surface area (Å²) in [7, 11) is 0. The van der Waals surface area contributed by atoms with E-state index in [-0.39, 0.29) is 18.6 Å². The molecule has 1 aromatic carbocycles. The van der Waals surface area contributed by atoms with Gasteiger partial charge in [0.05, 0.1) is 6.10 Å². The van der Waals surface area contributed by atoms with Gasteiger partial charge in [-0.3, -0.25) is 0 Å². The highest BCUT2D eigenvalue weighted by atomic mass is 16.3. The van der Waals surface area contributed by atoms with Crippen LogP contribution in [0.1, 0.15) is 32.3 Å². The van der Waals surface area contributed by atoms with E-state index in [2.05, 4.69) is 22.5 Å². The van der Waals surface area contributed by atoms with Crippen LogP contribution in [0.25, 0.3) is 0 Å². The molecule has 0 saturated carbocycles. The molecular formula is C19H31N3O2. The van der Waals surface area contributed by atoms with Crippen LogP contribution >= 0.6 is 0 Å². The lowest BCUT2D eigenvalue weighted by molar-refractivity contribution is 0.162. The second-order valence-electron chi connectivity index (χ2n) is 7.11. The zero-order chi connectivity index (χ0) is 17.4. The first-order valence-corrected chi connectivity index (χ1v) is 9.01. The molecule has 134 valence electrons. The minimum atomic E-state index is -0.573. The number of nitrogens with zero attached hydrogens (tertiary/aromatic N) is 1. The molecule has 0 bridgehead atoms. The van der Waals surface area contributed by atoms with Gasteiger partial charge in [-0.1, -0.05) is 37.3 Å². The summed E-state index contributed by atoms with van der Waals surface area (Å²) in [4.78, 5) is 14.4. The summed E-state index contributed by atoms with van der Waals surface area (Å²) in [6.45, 7) is 7.68. The Bertz CT molecular complexity index is 495. The van der Waals surface area contributed by atoms with Crippen molar-refractivity contribution in [3.63, 3.8) is 0 Å². The monoisotopic (exact) mass is 333 g/mol. The lowest BCUT2D eigenvalue weighted by atomic mass is 10.00. The van der Waals surface area contributed by atoms with Crippen LogP contribution in [0.15, 0.2) is 30.3 Å². The highest BCUT2D eigenvalue weighted by molar-refractivity contribution is 5.74. The van der Waals surface area contributed by atoms with Crippen molar-refractivity contribution in [2.75, 3.05) is 26.2 Å². The van der Waals surface area contributed by atoms with Crippen molar-refractivity contribution in [1.82, 2.24) is 15.5 Å². The second-order valence-corrected chi connectivity index (χ2v) is 7.11. The Morgan fingerprint density at radius 3 is 2.83 bits per heavy atom. The molecule has 1 aliphatic rings. The second kappa shape index (κ2) is 9.64. The molecule has 2 amide bonds. The van der Waals surface area contributed by atoms with Gasteiger partial charge in [0.15, 0.2) is 0 Å². The molecule has 1 aliphatic heterocycles. The number of aliphatic hydroxyl groups is 1. The quantitative estimate of drug-likeness (QED) is 0.715. The van der Waals surface area contributed by atoms with E-state index in [1.165, 1.54) is 12.8 Å². The Hall–Kier alpha value is -1.59. The average molecular weight is 333 g/mol. The van der Waals surface area contributed by atoms with Crippen molar-refractivity contribution in [1.29, 1.82) is 0 Å². The highest BCUT2D eigenvalue weighted by Crippen LogP contribution is 2.15. The molecule has 0 spiro atoms. The van der Waals surface area contributed by atoms with Crippen LogP contribution in [0, 0.1) is 5.92 Å². The van der Waals surface area contributed by atoms with Gasteiger partial charge in [0.25, 0.3) is 0 Å². The van der Waals surface area contributed by atoms with E-state index in [0.29, 0.717) is 6.42 Å². The van der Waals surface area contributed by atoms with Gasteiger partial charge in [0.1, 0.15) is 0 Å². The summed E-state index contributed by atoms with van der Waals surface area (Å²) in [5.41, 5.74) is 1.07. The van der Waals surface area contributed by atoms with Crippen LogP contribution in [0.5, 0.6) is 0 Å². The summed E-state index contributed by atoms with van der Waals surface area (Å²) >= 11 is 0. The molecule has 3 unspecified atom stereocenters. The number of carbonyl (C=O) groups is 1. The van der Waals surface area contributed by atoms with Crippen LogP contribution in [0.4, 0.5) is 4.79 Å². The third kappa shape index (κ3) is 6.89. The molecule has 24 heavy (non-hydrogen) atoms. The van der Waals surface area contributed by atoms with Crippen LogP contribution in [0.3, 0.4) is 0 Å². The Balaban J connectivity index is 1.63. The zero-order valence-corrected chi connectivity index (χ0v) is 14.9. The topological polar surface area (TPSA) is 64.6 Å². The summed E-state index contributed by atoms with van der Waals surface area (Å²) < 4.78 is 0. The van der Waals surface area contributed by atoms with Crippen LogP contribution < -0.4 is 10.6 Å². The van der Waals surface area contributed by atoms with Crippen molar-refractivity contribution in [2.24, 2.45) is 5.92 Å². The molecule has 0 aromatic heterocycles. The first-order valence-electron chi connectivity index (χ1n) is 9.01. The average Bonchev–Trinajstić information content (AvgIpc) is 2.54. The van der Waals surface area contributed by atoms with E-state index in [1.54, 1.807) is 0 Å². The maximum atomic E-state index is 12.0. The van der Waals surface area contributed by atoms with Gasteiger partial charge in [-0.05, 0) is 37.8 Å². The molecule has 1 aromatic rings. The number of urea groups is 1. The van der Waals surface area contributed by atoms with Gasteiger partial charge in [-0.25, -0.2) is 4.79 Å². The summed E-state index contributed by atoms with van der Waals surface area (Å²) in [6, 6.07) is 9.69. The smallest absolute Gasteiger partial charge is 0.315 e. The van der Waals surface area contributed by atoms with Crippen LogP contribution in [-0.4, -0.2) is 54.4 Å². The maximum Gasteiger partial charge on any atom is 0.315 e. The molecule has 5 heteroatoms. The lowest BCUT2D eigenvalue weighted by Gasteiger charge is -2.32. The Kier molecular flexibility index (Phi) is 7.53. The number of amides is 2. The van der Waals surface area contributed by atoms with Crippen molar-refractivity contribution in [2.45, 2.75) is 45.3 Å². The summed E-state index contributed by atoms with van der Waals surface area (Å²) in [6.07, 6.45) is 2.52. The van der Waals surface area contributed by atoms with Crippen LogP contribution in [-0.2, 0) is 6.42 Å². The number of benzene rings is 1. The number of piperidine rings is 1. The lowest BCUT2D eigenvalue weighted by Crippen LogP contribution is -2.49. The largest absolute Gasteiger partial charge is 0.391 e. The van der Waals surface area contributed by atoms with E-state index >= 15 is 0 Å². The third-order valence-electron chi connectivity index (χ3n) is 4.46. The Labute approximate surface area is 145 Å². The molecule has 2 rings (SSSR count). The number of hydrogen-bond acceptors (Lipinski definition) is 3. The normalized spacial score (nSPS) is 21.0. The Morgan fingerprint density at radius 2 is 2.12 bits per heavy atom. The predicted octanol–water partition coefficient (Wildman–Crippen LogP) is 2.01. The number of rotatable bonds is 7. The third-order valence-corrected chi connectivity index (χ3v) is 4.46. The zero-order valence-electron chi connectivity index (χ0n) is 14.9. The van der Waals surface area contributed by atoms with Crippen molar-refractivity contribution in [3.05, 3.63) is 35.9 Å². The number of likely N-dealkylation sites (tertiary alicyclic amines) is 1. The van der Waals surface area contributed by atoms with Gasteiger partial charge < -0.3 is 20.6 Å². The summed E-state index contributed by atoms with van der Waals surface area (Å²) in [5.74, 6) is 0.743. The minimum Gasteiger partial charge on any atom is -0.391 e. The van der Waals surface area contributed by atoms with E-state index < -0.39 is 6.10 Å². The summed E-state index contributed by atoms with van der Waals surface area (Å²) in [5, 5.41) is 15.7. The number of hydrogen-bond donors (Lipinski definition) is 3. The van der Waals surface area contributed by atoms with Crippen molar-refractivity contribution in [3.8, 4) is 0 Å². The van der Waals surface area contributed by atoms with Crippen LogP contribution in [0.2, 0.25) is 0 Å². The SMILES string of the molecule is CC1CCCN(CC(C)NC(=O)NCC(O)Cc2ccccc2)C1. The van der Waals surface area contributed by atoms with Gasteiger partial charge in [0, 0.05) is 32.1 Å². The molecular weight excluding hydrogens is 302 g/mol. The first kappa shape index (κ1) is 18.7. The van der Waals surface area contributed by atoms with Gasteiger partial charge >= 0.3 is 6.03 Å². The molecule has 5 nitrogen and oxygen atoms in total. The van der Waals surface area contributed by atoms with Crippen molar-refractivity contribution < 1.29 is 9.90 Å². The molecule has 1 fully saturated rings.